The van der Waals surface area contributed by atoms with Crippen molar-refractivity contribution in [3.8, 4) is 0 Å². The van der Waals surface area contributed by atoms with E-state index in [2.05, 4.69) is 5.32 Å². The summed E-state index contributed by atoms with van der Waals surface area (Å²) in [4.78, 5) is 20.8. The Kier molecular flexibility index (Phi) is 23.7. The molecule has 0 radical (unpaired) electrons. The van der Waals surface area contributed by atoms with Gasteiger partial charge in [0.1, 0.15) is 6.04 Å². The average molecular weight is 424 g/mol. The lowest BCUT2D eigenvalue weighted by Gasteiger charge is -2.10. The number of rotatable bonds is 9. The number of halogens is 1. The van der Waals surface area contributed by atoms with E-state index in [9.17, 15) is 14.7 Å². The molecule has 27 heavy (non-hydrogen) atoms. The highest BCUT2D eigenvalue weighted by molar-refractivity contribution is 7.98. The van der Waals surface area contributed by atoms with Gasteiger partial charge in [-0.2, -0.15) is 11.8 Å². The molecule has 1 amide bonds. The van der Waals surface area contributed by atoms with Crippen molar-refractivity contribution in [2.45, 2.75) is 53.9 Å². The summed E-state index contributed by atoms with van der Waals surface area (Å²) in [5.74, 6) is -0.907. The molecule has 0 aromatic heterocycles. The van der Waals surface area contributed by atoms with E-state index in [1.54, 1.807) is 25.3 Å². The van der Waals surface area contributed by atoms with Crippen LogP contribution in [0.4, 0.5) is 0 Å². The minimum absolute atomic E-state index is 0.313. The first-order chi connectivity index (χ1) is 12.7. The molecule has 0 spiro atoms. The van der Waals surface area contributed by atoms with E-state index in [1.807, 2.05) is 39.8 Å². The molecule has 6 nitrogen and oxygen atoms in total. The van der Waals surface area contributed by atoms with E-state index in [4.69, 9.17) is 21.4 Å². The summed E-state index contributed by atoms with van der Waals surface area (Å²) in [7, 11) is 0. The first kappa shape index (κ1) is 30.4. The first-order valence-corrected chi connectivity index (χ1v) is 10.4. The van der Waals surface area contributed by atoms with Gasteiger partial charge in [0.15, 0.2) is 6.29 Å². The lowest BCUT2D eigenvalue weighted by molar-refractivity contribution is -0.140. The molecule has 0 aliphatic carbocycles. The summed E-state index contributed by atoms with van der Waals surface area (Å²) >= 11 is 7.22. The summed E-state index contributed by atoms with van der Waals surface area (Å²) < 4.78 is 4.93. The van der Waals surface area contributed by atoms with Crippen molar-refractivity contribution in [1.82, 2.24) is 5.32 Å². The van der Waals surface area contributed by atoms with Crippen LogP contribution in [0.15, 0.2) is 34.9 Å². The standard InChI is InChI=1S/C11H17ClO2.C6H11NO3S.C2H6/c1-4-6-10(9(3)12)7-8-11(13)14-5-2;1-4(8)7-5(3-11-2)6(9)10;1-2/h4,6-8,11,13H,5H2,1-3H3;5H,3H2,1-2H3,(H,7,8)(H,9,10);1-2H3/b6-4-,8-7+,10-9-;;. The molecule has 0 bridgehead atoms. The normalized spacial score (nSPS) is 13.7. The van der Waals surface area contributed by atoms with E-state index in [1.165, 1.54) is 18.7 Å². The number of carbonyl (C=O) groups excluding carboxylic acids is 1. The highest BCUT2D eigenvalue weighted by atomic mass is 35.5. The highest BCUT2D eigenvalue weighted by Gasteiger charge is 2.16. The van der Waals surface area contributed by atoms with E-state index < -0.39 is 18.3 Å². The second-order valence-electron chi connectivity index (χ2n) is 4.74. The van der Waals surface area contributed by atoms with Crippen LogP contribution in [0.5, 0.6) is 0 Å². The van der Waals surface area contributed by atoms with Crippen LogP contribution < -0.4 is 5.32 Å². The van der Waals surface area contributed by atoms with Gasteiger partial charge < -0.3 is 20.3 Å². The molecule has 0 saturated heterocycles. The third kappa shape index (κ3) is 20.9. The van der Waals surface area contributed by atoms with Crippen LogP contribution in [0, 0.1) is 0 Å². The molecule has 0 fully saturated rings. The molecule has 0 heterocycles. The molecule has 0 saturated carbocycles. The maximum absolute atomic E-state index is 10.4. The fraction of sp³-hybridized carbons (Fsp3) is 0.579. The summed E-state index contributed by atoms with van der Waals surface area (Å²) in [6, 6.07) is -0.762. The monoisotopic (exact) mass is 423 g/mol. The second kappa shape index (κ2) is 21.0. The van der Waals surface area contributed by atoms with Gasteiger partial charge in [-0.05, 0) is 38.7 Å². The summed E-state index contributed by atoms with van der Waals surface area (Å²) in [5, 5.41) is 20.8. The Labute approximate surface area is 172 Å². The van der Waals surface area contributed by atoms with Gasteiger partial charge >= 0.3 is 5.97 Å². The number of nitrogens with one attached hydrogen (secondary N) is 1. The number of amides is 1. The lowest BCUT2D eigenvalue weighted by Crippen LogP contribution is -2.41. The quantitative estimate of drug-likeness (QED) is 0.384. The number of carbonyl (C=O) groups is 2. The zero-order valence-corrected chi connectivity index (χ0v) is 18.9. The van der Waals surface area contributed by atoms with Crippen molar-refractivity contribution in [1.29, 1.82) is 0 Å². The number of allylic oxidation sites excluding steroid dienone is 5. The number of carboxylic acids is 1. The van der Waals surface area contributed by atoms with Gasteiger partial charge in [0.25, 0.3) is 0 Å². The molecule has 158 valence electrons. The molecule has 0 aliphatic heterocycles. The van der Waals surface area contributed by atoms with Crippen molar-refractivity contribution in [2.75, 3.05) is 18.6 Å². The number of aliphatic carboxylic acids is 1. The molecule has 0 aliphatic rings. The topological polar surface area (TPSA) is 95.9 Å². The van der Waals surface area contributed by atoms with E-state index in [-0.39, 0.29) is 5.91 Å². The molecule has 8 heteroatoms. The second-order valence-corrected chi connectivity index (χ2v) is 6.22. The van der Waals surface area contributed by atoms with Gasteiger partial charge in [-0.15, -0.1) is 0 Å². The predicted octanol–water partition coefficient (Wildman–Crippen LogP) is 3.95. The third-order valence-electron chi connectivity index (χ3n) is 2.53. The van der Waals surface area contributed by atoms with Gasteiger partial charge in [0.2, 0.25) is 5.91 Å². The maximum atomic E-state index is 10.4. The van der Waals surface area contributed by atoms with Crippen molar-refractivity contribution in [3.63, 3.8) is 0 Å². The number of aliphatic hydroxyl groups is 1. The highest BCUT2D eigenvalue weighted by Crippen LogP contribution is 2.12. The van der Waals surface area contributed by atoms with Crippen LogP contribution in [0.1, 0.15) is 41.5 Å². The van der Waals surface area contributed by atoms with Crippen molar-refractivity contribution in [3.05, 3.63) is 34.9 Å². The molecule has 3 N–H and O–H groups in total. The van der Waals surface area contributed by atoms with Gasteiger partial charge in [-0.3, -0.25) is 4.79 Å². The zero-order chi connectivity index (χ0) is 21.8. The van der Waals surface area contributed by atoms with Crippen molar-refractivity contribution >= 4 is 35.2 Å². The minimum atomic E-state index is -0.991. The molecule has 2 unspecified atom stereocenters. The number of hydrogen-bond donors (Lipinski definition) is 3. The van der Waals surface area contributed by atoms with Crippen LogP contribution in [0.25, 0.3) is 0 Å². The third-order valence-corrected chi connectivity index (χ3v) is 3.42. The number of aliphatic hydroxyl groups excluding tert-OH is 1. The zero-order valence-electron chi connectivity index (χ0n) is 17.3. The fourth-order valence-electron chi connectivity index (χ4n) is 1.46. The van der Waals surface area contributed by atoms with Crippen LogP contribution in [-0.4, -0.2) is 53.0 Å². The van der Waals surface area contributed by atoms with Gasteiger partial charge in [-0.25, -0.2) is 4.79 Å². The Bertz CT molecular complexity index is 488. The molecule has 0 aromatic rings. The van der Waals surface area contributed by atoms with Gasteiger partial charge in [0.05, 0.1) is 0 Å². The van der Waals surface area contributed by atoms with Crippen LogP contribution in [0.3, 0.4) is 0 Å². The summed E-state index contributed by atoms with van der Waals surface area (Å²) in [6.07, 6.45) is 7.98. The Morgan fingerprint density at radius 2 is 1.81 bits per heavy atom. The molecule has 0 rings (SSSR count). The Morgan fingerprint density at radius 3 is 2.15 bits per heavy atom. The molecular weight excluding hydrogens is 390 g/mol. The van der Waals surface area contributed by atoms with E-state index in [0.717, 1.165) is 5.57 Å². The van der Waals surface area contributed by atoms with Crippen LogP contribution in [0.2, 0.25) is 0 Å². The van der Waals surface area contributed by atoms with Gasteiger partial charge in [-0.1, -0.05) is 43.7 Å². The van der Waals surface area contributed by atoms with Crippen molar-refractivity contribution in [2.24, 2.45) is 0 Å². The predicted molar refractivity (Wildman–Crippen MR) is 115 cm³/mol. The summed E-state index contributed by atoms with van der Waals surface area (Å²) in [5.41, 5.74) is 0.868. The average Bonchev–Trinajstić information content (AvgIpc) is 2.60. The summed E-state index contributed by atoms with van der Waals surface area (Å²) in [6.45, 7) is 11.3. The lowest BCUT2D eigenvalue weighted by atomic mass is 10.2. The Morgan fingerprint density at radius 1 is 1.26 bits per heavy atom. The fourth-order valence-corrected chi connectivity index (χ4v) is 2.15. The maximum Gasteiger partial charge on any atom is 0.327 e. The number of hydrogen-bond acceptors (Lipinski definition) is 5. The number of carboxylic acid groups (broad SMARTS) is 1. The van der Waals surface area contributed by atoms with E-state index in [0.29, 0.717) is 17.4 Å². The Hall–Kier alpha value is -1.28. The van der Waals surface area contributed by atoms with Crippen LogP contribution >= 0.6 is 23.4 Å². The molecule has 2 atom stereocenters. The number of thioether (sulfide) groups is 1. The molecular formula is C19H34ClNO5S. The largest absolute Gasteiger partial charge is 0.480 e. The molecule has 0 aromatic carbocycles. The van der Waals surface area contributed by atoms with Gasteiger partial charge in [0, 0.05) is 24.3 Å². The SMILES string of the molecule is CC.CSCC(NC(C)=O)C(=O)O.C\C=C/C(/C=C/C(O)OCC)=C(\C)Cl. The minimum Gasteiger partial charge on any atom is -0.480 e. The van der Waals surface area contributed by atoms with Crippen LogP contribution in [-0.2, 0) is 14.3 Å². The van der Waals surface area contributed by atoms with Crippen molar-refractivity contribution < 1.29 is 24.5 Å². The smallest absolute Gasteiger partial charge is 0.327 e. The van der Waals surface area contributed by atoms with E-state index >= 15 is 0 Å². The first-order valence-electron chi connectivity index (χ1n) is 8.65. The number of ether oxygens (including phenoxy) is 1. The Balaban J connectivity index is -0.000000400.